The molecule has 0 aliphatic carbocycles. The number of hydrogen-bond donors (Lipinski definition) is 2. The van der Waals surface area contributed by atoms with Gasteiger partial charge >= 0.3 is 0 Å². The normalized spacial score (nSPS) is 11.8. The predicted octanol–water partition coefficient (Wildman–Crippen LogP) is 3.32. The summed E-state index contributed by atoms with van der Waals surface area (Å²) in [5.41, 5.74) is 1.40. The van der Waals surface area contributed by atoms with E-state index in [2.05, 4.69) is 15.6 Å². The molecule has 2 aromatic heterocycles. The topological polar surface area (TPSA) is 84.2 Å². The molecule has 6 nitrogen and oxygen atoms in total. The Morgan fingerprint density at radius 1 is 1.19 bits per heavy atom. The summed E-state index contributed by atoms with van der Waals surface area (Å²) in [4.78, 5) is 29.7. The molecule has 3 rings (SSSR count). The summed E-state index contributed by atoms with van der Waals surface area (Å²) in [6.07, 6.45) is 1.57. The number of carbonyl (C=O) groups excluding carboxylic acids is 2. The Bertz CT molecular complexity index is 888. The highest BCUT2D eigenvalue weighted by Gasteiger charge is 2.24. The lowest BCUT2D eigenvalue weighted by Gasteiger charge is -2.13. The molecule has 0 saturated heterocycles. The zero-order chi connectivity index (χ0) is 18.5. The van der Waals surface area contributed by atoms with Gasteiger partial charge in [-0.25, -0.2) is 4.98 Å². The molecule has 0 aliphatic heterocycles. The maximum absolute atomic E-state index is 12.8. The van der Waals surface area contributed by atoms with Crippen molar-refractivity contribution in [3.05, 3.63) is 53.6 Å². The standard InChI is InChI=1S/C19H19N3O3S/c1-3-20-17(23)12(2)21-18(24)16-15(13-8-5-4-6-9-13)22-19(26-16)14-10-7-11-25-14/h4-12H,3H2,1-2H3,(H,20,23)(H,21,24)/t12-/m1/s1. The van der Waals surface area contributed by atoms with E-state index in [9.17, 15) is 9.59 Å². The summed E-state index contributed by atoms with van der Waals surface area (Å²) in [6, 6.07) is 12.4. The number of likely N-dealkylation sites (N-methyl/N-ethyl adjacent to an activating group) is 1. The van der Waals surface area contributed by atoms with E-state index in [4.69, 9.17) is 4.42 Å². The van der Waals surface area contributed by atoms with Gasteiger partial charge in [-0.2, -0.15) is 0 Å². The van der Waals surface area contributed by atoms with Gasteiger partial charge < -0.3 is 15.1 Å². The number of nitrogens with one attached hydrogen (secondary N) is 2. The maximum Gasteiger partial charge on any atom is 0.264 e. The van der Waals surface area contributed by atoms with Crippen LogP contribution in [0.15, 0.2) is 53.1 Å². The van der Waals surface area contributed by atoms with Gasteiger partial charge in [-0.05, 0) is 26.0 Å². The van der Waals surface area contributed by atoms with Crippen LogP contribution in [0.1, 0.15) is 23.5 Å². The minimum atomic E-state index is -0.639. The van der Waals surface area contributed by atoms with Gasteiger partial charge in [-0.3, -0.25) is 9.59 Å². The summed E-state index contributed by atoms with van der Waals surface area (Å²) in [6.45, 7) is 4.00. The van der Waals surface area contributed by atoms with Crippen LogP contribution in [-0.4, -0.2) is 29.4 Å². The molecule has 2 N–H and O–H groups in total. The van der Waals surface area contributed by atoms with E-state index >= 15 is 0 Å². The van der Waals surface area contributed by atoms with Crippen molar-refractivity contribution in [3.8, 4) is 22.0 Å². The first-order chi connectivity index (χ1) is 12.6. The molecule has 0 bridgehead atoms. The monoisotopic (exact) mass is 369 g/mol. The summed E-state index contributed by atoms with van der Waals surface area (Å²) >= 11 is 1.24. The van der Waals surface area contributed by atoms with Crippen molar-refractivity contribution in [2.45, 2.75) is 19.9 Å². The number of amides is 2. The molecule has 1 atom stereocenters. The van der Waals surface area contributed by atoms with E-state index in [1.807, 2.05) is 37.3 Å². The van der Waals surface area contributed by atoms with E-state index in [0.29, 0.717) is 27.9 Å². The number of rotatable bonds is 6. The SMILES string of the molecule is CCNC(=O)[C@@H](C)NC(=O)c1sc(-c2ccco2)nc1-c1ccccc1. The van der Waals surface area contributed by atoms with Crippen molar-refractivity contribution >= 4 is 23.2 Å². The Morgan fingerprint density at radius 2 is 1.96 bits per heavy atom. The van der Waals surface area contributed by atoms with Gasteiger partial charge in [0.25, 0.3) is 5.91 Å². The lowest BCUT2D eigenvalue weighted by Crippen LogP contribution is -2.44. The molecule has 26 heavy (non-hydrogen) atoms. The fourth-order valence-corrected chi connectivity index (χ4v) is 3.39. The third kappa shape index (κ3) is 3.83. The molecule has 7 heteroatoms. The molecule has 134 valence electrons. The van der Waals surface area contributed by atoms with Crippen molar-refractivity contribution in [1.29, 1.82) is 0 Å². The summed E-state index contributed by atoms with van der Waals surface area (Å²) in [5.74, 6) is 0.0406. The van der Waals surface area contributed by atoms with Crippen molar-refractivity contribution in [2.75, 3.05) is 6.54 Å². The van der Waals surface area contributed by atoms with Gasteiger partial charge in [0.05, 0.1) is 12.0 Å². The molecule has 0 saturated carbocycles. The molecule has 0 aliphatic rings. The fraction of sp³-hybridized carbons (Fsp3) is 0.211. The first-order valence-electron chi connectivity index (χ1n) is 8.28. The smallest absolute Gasteiger partial charge is 0.264 e. The van der Waals surface area contributed by atoms with Crippen molar-refractivity contribution in [2.24, 2.45) is 0 Å². The Morgan fingerprint density at radius 3 is 2.62 bits per heavy atom. The fourth-order valence-electron chi connectivity index (χ4n) is 2.43. The van der Waals surface area contributed by atoms with Crippen LogP contribution < -0.4 is 10.6 Å². The van der Waals surface area contributed by atoms with Crippen LogP contribution >= 0.6 is 11.3 Å². The molecule has 0 fully saturated rings. The number of thiazole rings is 1. The Kier molecular flexibility index (Phi) is 5.48. The third-order valence-corrected chi connectivity index (χ3v) is 4.77. The van der Waals surface area contributed by atoms with Crippen LogP contribution in [0, 0.1) is 0 Å². The van der Waals surface area contributed by atoms with Crippen LogP contribution in [0.2, 0.25) is 0 Å². The number of furan rings is 1. The third-order valence-electron chi connectivity index (χ3n) is 3.70. The molecule has 1 aromatic carbocycles. The summed E-state index contributed by atoms with van der Waals surface area (Å²) in [5, 5.41) is 6.05. The molecular formula is C19H19N3O3S. The molecule has 2 amide bonds. The van der Waals surface area contributed by atoms with Gasteiger partial charge in [0.2, 0.25) is 5.91 Å². The predicted molar refractivity (Wildman–Crippen MR) is 101 cm³/mol. The molecule has 0 radical (unpaired) electrons. The Hall–Kier alpha value is -2.93. The van der Waals surface area contributed by atoms with Crippen molar-refractivity contribution in [1.82, 2.24) is 15.6 Å². The second-order valence-corrected chi connectivity index (χ2v) is 6.63. The highest BCUT2D eigenvalue weighted by atomic mass is 32.1. The quantitative estimate of drug-likeness (QED) is 0.698. The van der Waals surface area contributed by atoms with E-state index in [-0.39, 0.29) is 11.8 Å². The molecular weight excluding hydrogens is 350 g/mol. The minimum absolute atomic E-state index is 0.224. The maximum atomic E-state index is 12.8. The lowest BCUT2D eigenvalue weighted by atomic mass is 10.1. The summed E-state index contributed by atoms with van der Waals surface area (Å²) < 4.78 is 5.41. The highest BCUT2D eigenvalue weighted by molar-refractivity contribution is 7.17. The van der Waals surface area contributed by atoms with E-state index in [1.54, 1.807) is 25.3 Å². The van der Waals surface area contributed by atoms with Gasteiger partial charge in [-0.1, -0.05) is 30.3 Å². The van der Waals surface area contributed by atoms with Gasteiger partial charge in [0, 0.05) is 12.1 Å². The molecule has 0 spiro atoms. The largest absolute Gasteiger partial charge is 0.462 e. The number of nitrogens with zero attached hydrogens (tertiary/aromatic N) is 1. The minimum Gasteiger partial charge on any atom is -0.462 e. The first kappa shape index (κ1) is 17.9. The number of carbonyl (C=O) groups is 2. The van der Waals surface area contributed by atoms with E-state index in [1.165, 1.54) is 11.3 Å². The van der Waals surface area contributed by atoms with Crippen LogP contribution in [0.4, 0.5) is 0 Å². The zero-order valence-corrected chi connectivity index (χ0v) is 15.3. The van der Waals surface area contributed by atoms with Gasteiger partial charge in [0.15, 0.2) is 10.8 Å². The number of hydrogen-bond acceptors (Lipinski definition) is 5. The second-order valence-electron chi connectivity index (χ2n) is 5.63. The van der Waals surface area contributed by atoms with Crippen LogP contribution in [0.3, 0.4) is 0 Å². The van der Waals surface area contributed by atoms with Gasteiger partial charge in [0.1, 0.15) is 10.9 Å². The van der Waals surface area contributed by atoms with Crippen LogP contribution in [-0.2, 0) is 4.79 Å². The van der Waals surface area contributed by atoms with Gasteiger partial charge in [-0.15, -0.1) is 11.3 Å². The molecule has 3 aromatic rings. The lowest BCUT2D eigenvalue weighted by molar-refractivity contribution is -0.122. The molecule has 0 unspecified atom stereocenters. The average molecular weight is 369 g/mol. The van der Waals surface area contributed by atoms with E-state index < -0.39 is 6.04 Å². The Labute approximate surface area is 155 Å². The highest BCUT2D eigenvalue weighted by Crippen LogP contribution is 2.34. The van der Waals surface area contributed by atoms with Crippen molar-refractivity contribution in [3.63, 3.8) is 0 Å². The number of benzene rings is 1. The number of aromatic nitrogens is 1. The zero-order valence-electron chi connectivity index (χ0n) is 14.5. The Balaban J connectivity index is 1.94. The summed E-state index contributed by atoms with van der Waals surface area (Å²) in [7, 11) is 0. The first-order valence-corrected chi connectivity index (χ1v) is 9.10. The van der Waals surface area contributed by atoms with Crippen LogP contribution in [0.25, 0.3) is 22.0 Å². The second kappa shape index (κ2) is 7.97. The average Bonchev–Trinajstić information content (AvgIpc) is 3.32. The van der Waals surface area contributed by atoms with Crippen molar-refractivity contribution < 1.29 is 14.0 Å². The van der Waals surface area contributed by atoms with Crippen LogP contribution in [0.5, 0.6) is 0 Å². The van der Waals surface area contributed by atoms with E-state index in [0.717, 1.165) is 5.56 Å². The molecule has 2 heterocycles.